The molecule has 0 unspecified atom stereocenters. The van der Waals surface area contributed by atoms with Crippen molar-refractivity contribution in [2.45, 2.75) is 0 Å². The van der Waals surface area contributed by atoms with Gasteiger partial charge in [-0.3, -0.25) is 10.1 Å². The SMILES string of the molecule is O=C(O)c1ccc(C(=O)Nc2nccs2)o1. The van der Waals surface area contributed by atoms with E-state index in [0.29, 0.717) is 5.13 Å². The first-order valence-corrected chi connectivity index (χ1v) is 5.09. The monoisotopic (exact) mass is 238 g/mol. The van der Waals surface area contributed by atoms with Crippen LogP contribution in [0.25, 0.3) is 0 Å². The summed E-state index contributed by atoms with van der Waals surface area (Å²) in [5.74, 6) is -2.08. The lowest BCUT2D eigenvalue weighted by Gasteiger charge is -1.96. The third-order valence-electron chi connectivity index (χ3n) is 1.69. The minimum absolute atomic E-state index is 0.0624. The van der Waals surface area contributed by atoms with Gasteiger partial charge in [-0.2, -0.15) is 0 Å². The Balaban J connectivity index is 2.12. The van der Waals surface area contributed by atoms with Crippen LogP contribution >= 0.6 is 11.3 Å². The second kappa shape index (κ2) is 4.15. The first-order chi connectivity index (χ1) is 7.66. The zero-order chi connectivity index (χ0) is 11.5. The van der Waals surface area contributed by atoms with Gasteiger partial charge in [0.05, 0.1) is 0 Å². The van der Waals surface area contributed by atoms with Gasteiger partial charge in [-0.25, -0.2) is 9.78 Å². The molecule has 0 saturated heterocycles. The van der Waals surface area contributed by atoms with Crippen LogP contribution in [-0.2, 0) is 0 Å². The number of hydrogen-bond acceptors (Lipinski definition) is 5. The van der Waals surface area contributed by atoms with Crippen LogP contribution in [-0.4, -0.2) is 22.0 Å². The standard InChI is InChI=1S/C9H6N2O4S/c12-7(11-9-10-3-4-16-9)5-1-2-6(15-5)8(13)14/h1-4H,(H,13,14)(H,10,11,12). The molecule has 0 spiro atoms. The Morgan fingerprint density at radius 2 is 2.12 bits per heavy atom. The van der Waals surface area contributed by atoms with Crippen LogP contribution < -0.4 is 5.32 Å². The topological polar surface area (TPSA) is 92.4 Å². The lowest BCUT2D eigenvalue weighted by atomic mass is 10.4. The molecule has 0 aliphatic heterocycles. The average Bonchev–Trinajstić information content (AvgIpc) is 2.86. The van der Waals surface area contributed by atoms with Crippen LogP contribution in [0.2, 0.25) is 0 Å². The third-order valence-corrected chi connectivity index (χ3v) is 2.38. The highest BCUT2D eigenvalue weighted by Crippen LogP contribution is 2.14. The predicted molar refractivity (Wildman–Crippen MR) is 55.7 cm³/mol. The molecule has 2 rings (SSSR count). The van der Waals surface area contributed by atoms with Crippen molar-refractivity contribution < 1.29 is 19.1 Å². The molecule has 0 aliphatic carbocycles. The summed E-state index contributed by atoms with van der Waals surface area (Å²) in [7, 11) is 0. The summed E-state index contributed by atoms with van der Waals surface area (Å²) in [6.45, 7) is 0. The fraction of sp³-hybridized carbons (Fsp3) is 0. The molecule has 2 N–H and O–H groups in total. The number of carbonyl (C=O) groups excluding carboxylic acids is 1. The zero-order valence-electron chi connectivity index (χ0n) is 7.84. The molecule has 0 aromatic carbocycles. The van der Waals surface area contributed by atoms with E-state index in [1.807, 2.05) is 0 Å². The number of aromatic nitrogens is 1. The molecular weight excluding hydrogens is 232 g/mol. The number of thiazole rings is 1. The van der Waals surface area contributed by atoms with Crippen molar-refractivity contribution in [1.29, 1.82) is 0 Å². The molecule has 0 aliphatic rings. The first-order valence-electron chi connectivity index (χ1n) is 4.21. The number of nitrogens with zero attached hydrogens (tertiary/aromatic N) is 1. The van der Waals surface area contributed by atoms with E-state index in [0.717, 1.165) is 0 Å². The van der Waals surface area contributed by atoms with Gasteiger partial charge >= 0.3 is 5.97 Å². The second-order valence-electron chi connectivity index (χ2n) is 2.76. The summed E-state index contributed by atoms with van der Waals surface area (Å²) in [4.78, 5) is 25.9. The lowest BCUT2D eigenvalue weighted by Crippen LogP contribution is -2.10. The summed E-state index contributed by atoms with van der Waals surface area (Å²) < 4.78 is 4.82. The van der Waals surface area contributed by atoms with Crippen molar-refractivity contribution in [2.24, 2.45) is 0 Å². The van der Waals surface area contributed by atoms with E-state index in [1.54, 1.807) is 11.6 Å². The summed E-state index contributed by atoms with van der Waals surface area (Å²) >= 11 is 1.26. The minimum atomic E-state index is -1.21. The van der Waals surface area contributed by atoms with Crippen molar-refractivity contribution >= 4 is 28.3 Å². The Kier molecular flexibility index (Phi) is 2.69. The highest BCUT2D eigenvalue weighted by molar-refractivity contribution is 7.13. The van der Waals surface area contributed by atoms with Crippen molar-refractivity contribution in [3.05, 3.63) is 35.2 Å². The molecule has 0 fully saturated rings. The van der Waals surface area contributed by atoms with Crippen molar-refractivity contribution in [1.82, 2.24) is 4.98 Å². The van der Waals surface area contributed by atoms with Gasteiger partial charge in [-0.1, -0.05) is 0 Å². The number of rotatable bonds is 3. The van der Waals surface area contributed by atoms with E-state index >= 15 is 0 Å². The van der Waals surface area contributed by atoms with E-state index in [-0.39, 0.29) is 11.5 Å². The van der Waals surface area contributed by atoms with Gasteiger partial charge in [0.15, 0.2) is 10.9 Å². The minimum Gasteiger partial charge on any atom is -0.475 e. The van der Waals surface area contributed by atoms with Gasteiger partial charge in [0, 0.05) is 11.6 Å². The van der Waals surface area contributed by atoms with Crippen LogP contribution in [0, 0.1) is 0 Å². The van der Waals surface area contributed by atoms with Crippen molar-refractivity contribution in [3.8, 4) is 0 Å². The molecule has 16 heavy (non-hydrogen) atoms. The van der Waals surface area contributed by atoms with Crippen molar-refractivity contribution in [2.75, 3.05) is 5.32 Å². The molecule has 82 valence electrons. The fourth-order valence-electron chi connectivity index (χ4n) is 1.02. The molecule has 2 heterocycles. The van der Waals surface area contributed by atoms with E-state index in [2.05, 4.69) is 10.3 Å². The summed E-state index contributed by atoms with van der Waals surface area (Å²) in [5, 5.41) is 13.2. The number of furan rings is 1. The summed E-state index contributed by atoms with van der Waals surface area (Å²) in [6.07, 6.45) is 1.55. The van der Waals surface area contributed by atoms with E-state index in [1.165, 1.54) is 23.5 Å². The quantitative estimate of drug-likeness (QED) is 0.848. The van der Waals surface area contributed by atoms with Crippen molar-refractivity contribution in [3.63, 3.8) is 0 Å². The van der Waals surface area contributed by atoms with Gasteiger partial charge in [-0.05, 0) is 12.1 Å². The highest BCUT2D eigenvalue weighted by atomic mass is 32.1. The molecular formula is C9H6N2O4S. The summed E-state index contributed by atoms with van der Waals surface area (Å²) in [6, 6.07) is 2.52. The predicted octanol–water partition coefficient (Wildman–Crippen LogP) is 1.69. The maximum absolute atomic E-state index is 11.5. The van der Waals surface area contributed by atoms with Gasteiger partial charge in [-0.15, -0.1) is 11.3 Å². The van der Waals surface area contributed by atoms with Gasteiger partial charge in [0.1, 0.15) is 0 Å². The number of nitrogens with one attached hydrogen (secondary N) is 1. The Bertz CT molecular complexity index is 517. The van der Waals surface area contributed by atoms with E-state index in [4.69, 9.17) is 9.52 Å². The fourth-order valence-corrected chi connectivity index (χ4v) is 1.54. The maximum Gasteiger partial charge on any atom is 0.371 e. The number of carbonyl (C=O) groups is 2. The highest BCUT2D eigenvalue weighted by Gasteiger charge is 2.15. The third kappa shape index (κ3) is 2.09. The van der Waals surface area contributed by atoms with Crippen LogP contribution in [0.4, 0.5) is 5.13 Å². The molecule has 6 nitrogen and oxygen atoms in total. The molecule has 0 saturated carbocycles. The Hall–Kier alpha value is -2.15. The van der Waals surface area contributed by atoms with E-state index < -0.39 is 11.9 Å². The van der Waals surface area contributed by atoms with Crippen LogP contribution in [0.5, 0.6) is 0 Å². The maximum atomic E-state index is 11.5. The molecule has 0 radical (unpaired) electrons. The van der Waals surface area contributed by atoms with Crippen LogP contribution in [0.1, 0.15) is 21.1 Å². The summed E-state index contributed by atoms with van der Waals surface area (Å²) in [5.41, 5.74) is 0. The molecule has 7 heteroatoms. The Labute approximate surface area is 93.5 Å². The first kappa shape index (κ1) is 10.4. The number of carboxylic acids is 1. The lowest BCUT2D eigenvalue weighted by molar-refractivity contribution is 0.0660. The largest absolute Gasteiger partial charge is 0.475 e. The number of aromatic carboxylic acids is 1. The van der Waals surface area contributed by atoms with Gasteiger partial charge < -0.3 is 9.52 Å². The molecule has 2 aromatic rings. The Morgan fingerprint density at radius 3 is 2.69 bits per heavy atom. The van der Waals surface area contributed by atoms with E-state index in [9.17, 15) is 9.59 Å². The number of hydrogen-bond donors (Lipinski definition) is 2. The number of amides is 1. The average molecular weight is 238 g/mol. The Morgan fingerprint density at radius 1 is 1.38 bits per heavy atom. The second-order valence-corrected chi connectivity index (χ2v) is 3.65. The number of anilines is 1. The number of carboxylic acid groups (broad SMARTS) is 1. The normalized spacial score (nSPS) is 10.0. The van der Waals surface area contributed by atoms with Gasteiger partial charge in [0.25, 0.3) is 5.91 Å². The van der Waals surface area contributed by atoms with Crippen LogP contribution in [0.15, 0.2) is 28.1 Å². The molecule has 1 amide bonds. The molecule has 0 atom stereocenters. The van der Waals surface area contributed by atoms with Crippen LogP contribution in [0.3, 0.4) is 0 Å². The molecule has 0 bridgehead atoms. The van der Waals surface area contributed by atoms with Gasteiger partial charge in [0.2, 0.25) is 5.76 Å². The molecule has 2 aromatic heterocycles. The smallest absolute Gasteiger partial charge is 0.371 e. The zero-order valence-corrected chi connectivity index (χ0v) is 8.65.